The van der Waals surface area contributed by atoms with Gasteiger partial charge in [-0.15, -0.1) is 0 Å². The summed E-state index contributed by atoms with van der Waals surface area (Å²) in [5, 5.41) is 0. The van der Waals surface area contributed by atoms with Crippen molar-refractivity contribution in [2.45, 2.75) is 11.3 Å². The molecule has 0 bridgehead atoms. The van der Waals surface area contributed by atoms with Gasteiger partial charge in [0.05, 0.1) is 18.9 Å². The average Bonchev–Trinajstić information content (AvgIpc) is 2.44. The molecule has 8 heteroatoms. The highest BCUT2D eigenvalue weighted by atomic mass is 79.9. The van der Waals surface area contributed by atoms with Crippen molar-refractivity contribution in [3.63, 3.8) is 0 Å². The highest BCUT2D eigenvalue weighted by molar-refractivity contribution is 9.10. The summed E-state index contributed by atoms with van der Waals surface area (Å²) in [6.45, 7) is 4.58. The molecule has 1 fully saturated rings. The van der Waals surface area contributed by atoms with Crippen LogP contribution >= 0.6 is 15.9 Å². The Balaban J connectivity index is 1.83. The van der Waals surface area contributed by atoms with Crippen LogP contribution in [0.15, 0.2) is 27.6 Å². The summed E-state index contributed by atoms with van der Waals surface area (Å²) in [6.07, 6.45) is 0.760. The van der Waals surface area contributed by atoms with E-state index in [1.807, 2.05) is 0 Å². The molecular formula is C13H20BrN3O3S. The van der Waals surface area contributed by atoms with Crippen LogP contribution in [0, 0.1) is 0 Å². The van der Waals surface area contributed by atoms with E-state index >= 15 is 0 Å². The lowest BCUT2D eigenvalue weighted by Gasteiger charge is -2.26. The molecule has 21 heavy (non-hydrogen) atoms. The zero-order valence-electron chi connectivity index (χ0n) is 11.7. The van der Waals surface area contributed by atoms with Crippen LogP contribution < -0.4 is 10.5 Å². The van der Waals surface area contributed by atoms with Gasteiger partial charge in [0.15, 0.2) is 0 Å². The van der Waals surface area contributed by atoms with Gasteiger partial charge in [-0.1, -0.05) is 15.9 Å². The Labute approximate surface area is 133 Å². The monoisotopic (exact) mass is 377 g/mol. The Bertz CT molecular complexity index is 574. The number of hydrogen-bond acceptors (Lipinski definition) is 5. The second-order valence-electron chi connectivity index (χ2n) is 4.89. The molecule has 6 nitrogen and oxygen atoms in total. The minimum absolute atomic E-state index is 0.122. The van der Waals surface area contributed by atoms with Gasteiger partial charge >= 0.3 is 0 Å². The first-order valence-electron chi connectivity index (χ1n) is 6.84. The first-order chi connectivity index (χ1) is 9.99. The zero-order chi connectivity index (χ0) is 15.3. The number of anilines is 1. The van der Waals surface area contributed by atoms with Gasteiger partial charge in [-0.05, 0) is 31.2 Å². The summed E-state index contributed by atoms with van der Waals surface area (Å²) in [6, 6.07) is 4.75. The minimum Gasteiger partial charge on any atom is -0.398 e. The molecule has 1 heterocycles. The van der Waals surface area contributed by atoms with E-state index in [-0.39, 0.29) is 10.6 Å². The number of halogens is 1. The predicted octanol–water partition coefficient (Wildman–Crippen LogP) is 1.03. The Hall–Kier alpha value is -0.670. The van der Waals surface area contributed by atoms with Crippen molar-refractivity contribution in [3.8, 4) is 0 Å². The summed E-state index contributed by atoms with van der Waals surface area (Å²) < 4.78 is 33.0. The first-order valence-corrected chi connectivity index (χ1v) is 9.11. The van der Waals surface area contributed by atoms with Crippen molar-refractivity contribution in [2.24, 2.45) is 0 Å². The maximum atomic E-state index is 12.2. The van der Waals surface area contributed by atoms with Crippen molar-refractivity contribution >= 4 is 31.6 Å². The number of benzene rings is 1. The fourth-order valence-electron chi connectivity index (χ4n) is 2.18. The molecule has 1 saturated heterocycles. The highest BCUT2D eigenvalue weighted by Crippen LogP contribution is 2.22. The molecule has 0 aromatic heterocycles. The third-order valence-corrected chi connectivity index (χ3v) is 5.34. The fraction of sp³-hybridized carbons (Fsp3) is 0.538. The summed E-state index contributed by atoms with van der Waals surface area (Å²) in [5.74, 6) is 0. The SMILES string of the molecule is Nc1cc(Br)ccc1S(=O)(=O)NCCCN1CCOCC1. The minimum atomic E-state index is -3.55. The summed E-state index contributed by atoms with van der Waals surface area (Å²) in [7, 11) is -3.55. The lowest BCUT2D eigenvalue weighted by molar-refractivity contribution is 0.0376. The zero-order valence-corrected chi connectivity index (χ0v) is 14.1. The summed E-state index contributed by atoms with van der Waals surface area (Å²) >= 11 is 3.26. The highest BCUT2D eigenvalue weighted by Gasteiger charge is 2.17. The van der Waals surface area contributed by atoms with Crippen molar-refractivity contribution in [2.75, 3.05) is 45.1 Å². The number of ether oxygens (including phenoxy) is 1. The van der Waals surface area contributed by atoms with Crippen molar-refractivity contribution in [1.29, 1.82) is 0 Å². The lowest BCUT2D eigenvalue weighted by Crippen LogP contribution is -2.38. The van der Waals surface area contributed by atoms with E-state index in [0.717, 1.165) is 43.7 Å². The smallest absolute Gasteiger partial charge is 0.242 e. The first kappa shape index (κ1) is 16.7. The van der Waals surface area contributed by atoms with Gasteiger partial charge in [-0.2, -0.15) is 0 Å². The van der Waals surface area contributed by atoms with E-state index in [1.165, 1.54) is 6.07 Å². The normalized spacial score (nSPS) is 17.0. The maximum absolute atomic E-state index is 12.2. The van der Waals surface area contributed by atoms with Crippen LogP contribution in [0.25, 0.3) is 0 Å². The van der Waals surface area contributed by atoms with Crippen molar-refractivity contribution in [3.05, 3.63) is 22.7 Å². The van der Waals surface area contributed by atoms with E-state index in [9.17, 15) is 8.42 Å². The second kappa shape index (κ2) is 7.55. The van der Waals surface area contributed by atoms with Gasteiger partial charge in [-0.3, -0.25) is 4.90 Å². The van der Waals surface area contributed by atoms with Crippen LogP contribution in [-0.4, -0.2) is 52.7 Å². The molecule has 0 amide bonds. The van der Waals surface area contributed by atoms with E-state index in [0.29, 0.717) is 6.54 Å². The molecule has 0 aliphatic carbocycles. The van der Waals surface area contributed by atoms with Gasteiger partial charge in [0, 0.05) is 24.1 Å². The van der Waals surface area contributed by atoms with E-state index in [1.54, 1.807) is 12.1 Å². The maximum Gasteiger partial charge on any atom is 0.242 e. The molecule has 0 unspecified atom stereocenters. The van der Waals surface area contributed by atoms with Crippen LogP contribution in [0.1, 0.15) is 6.42 Å². The van der Waals surface area contributed by atoms with Gasteiger partial charge in [0.1, 0.15) is 4.90 Å². The van der Waals surface area contributed by atoms with Crippen LogP contribution in [0.2, 0.25) is 0 Å². The Morgan fingerprint density at radius 2 is 2.05 bits per heavy atom. The standard InChI is InChI=1S/C13H20BrN3O3S/c14-11-2-3-13(12(15)10-11)21(18,19)16-4-1-5-17-6-8-20-9-7-17/h2-3,10,16H,1,4-9,15H2. The molecule has 0 radical (unpaired) electrons. The number of sulfonamides is 1. The third kappa shape index (κ3) is 4.93. The van der Waals surface area contributed by atoms with E-state index in [2.05, 4.69) is 25.6 Å². The molecule has 1 aromatic rings. The third-order valence-electron chi connectivity index (χ3n) is 3.31. The van der Waals surface area contributed by atoms with Gasteiger partial charge in [0.2, 0.25) is 10.0 Å². The molecule has 1 aliphatic rings. The lowest BCUT2D eigenvalue weighted by atomic mass is 10.3. The van der Waals surface area contributed by atoms with Gasteiger partial charge < -0.3 is 10.5 Å². The molecule has 1 aromatic carbocycles. The van der Waals surface area contributed by atoms with Crippen molar-refractivity contribution < 1.29 is 13.2 Å². The quantitative estimate of drug-likeness (QED) is 0.571. The summed E-state index contributed by atoms with van der Waals surface area (Å²) in [4.78, 5) is 2.39. The number of hydrogen-bond donors (Lipinski definition) is 2. The predicted molar refractivity (Wildman–Crippen MR) is 85.6 cm³/mol. The number of nitrogens with two attached hydrogens (primary N) is 1. The fourth-order valence-corrected chi connectivity index (χ4v) is 3.74. The second-order valence-corrected chi connectivity index (χ2v) is 7.54. The van der Waals surface area contributed by atoms with Crippen molar-refractivity contribution in [1.82, 2.24) is 9.62 Å². The Morgan fingerprint density at radius 1 is 1.33 bits per heavy atom. The molecule has 1 aliphatic heterocycles. The molecule has 0 atom stereocenters. The molecular weight excluding hydrogens is 358 g/mol. The molecule has 3 N–H and O–H groups in total. The molecule has 2 rings (SSSR count). The van der Waals surface area contributed by atoms with Gasteiger partial charge in [0.25, 0.3) is 0 Å². The van der Waals surface area contributed by atoms with Gasteiger partial charge in [-0.25, -0.2) is 13.1 Å². The topological polar surface area (TPSA) is 84.7 Å². The average molecular weight is 378 g/mol. The van der Waals surface area contributed by atoms with Crippen LogP contribution in [0.5, 0.6) is 0 Å². The Kier molecular flexibility index (Phi) is 6.00. The molecule has 0 saturated carbocycles. The number of morpholine rings is 1. The van der Waals surface area contributed by atoms with Crippen LogP contribution in [-0.2, 0) is 14.8 Å². The number of nitrogens with one attached hydrogen (secondary N) is 1. The number of nitrogen functional groups attached to an aromatic ring is 1. The van der Waals surface area contributed by atoms with Crippen LogP contribution in [0.4, 0.5) is 5.69 Å². The Morgan fingerprint density at radius 3 is 2.71 bits per heavy atom. The largest absolute Gasteiger partial charge is 0.398 e. The molecule has 0 spiro atoms. The number of rotatable bonds is 6. The van der Waals surface area contributed by atoms with E-state index < -0.39 is 10.0 Å². The van der Waals surface area contributed by atoms with Crippen LogP contribution in [0.3, 0.4) is 0 Å². The summed E-state index contributed by atoms with van der Waals surface area (Å²) in [5.41, 5.74) is 6.00. The number of nitrogens with zero attached hydrogens (tertiary/aromatic N) is 1. The molecule has 118 valence electrons. The van der Waals surface area contributed by atoms with E-state index in [4.69, 9.17) is 10.5 Å².